The van der Waals surface area contributed by atoms with Gasteiger partial charge in [-0.05, 0) is 31.0 Å². The fourth-order valence-electron chi connectivity index (χ4n) is 2.83. The van der Waals surface area contributed by atoms with E-state index in [1.165, 1.54) is 6.26 Å². The number of rotatable bonds is 6. The third-order valence-electron chi connectivity index (χ3n) is 4.09. The lowest BCUT2D eigenvalue weighted by molar-refractivity contribution is 0.157. The van der Waals surface area contributed by atoms with Gasteiger partial charge in [-0.2, -0.15) is 0 Å². The highest BCUT2D eigenvalue weighted by molar-refractivity contribution is 14.0. The van der Waals surface area contributed by atoms with Crippen LogP contribution in [0.4, 0.5) is 0 Å². The van der Waals surface area contributed by atoms with Gasteiger partial charge in [0, 0.05) is 38.9 Å². The molecule has 0 aromatic heterocycles. The van der Waals surface area contributed by atoms with Crippen LogP contribution in [-0.4, -0.2) is 58.9 Å². The molecule has 2 rings (SSSR count). The summed E-state index contributed by atoms with van der Waals surface area (Å²) in [5.74, 6) is 1.45. The lowest BCUT2D eigenvalue weighted by Gasteiger charge is -2.21. The van der Waals surface area contributed by atoms with E-state index in [0.29, 0.717) is 17.4 Å². The summed E-state index contributed by atoms with van der Waals surface area (Å²) in [5, 5.41) is 3.33. The van der Waals surface area contributed by atoms with E-state index >= 15 is 0 Å². The molecule has 1 fully saturated rings. The molecular weight excluding hydrogens is 453 g/mol. The number of benzene rings is 1. The Balaban J connectivity index is 0.00000312. The van der Waals surface area contributed by atoms with Gasteiger partial charge in [0.2, 0.25) is 0 Å². The largest absolute Gasteiger partial charge is 0.384 e. The summed E-state index contributed by atoms with van der Waals surface area (Å²) in [5.41, 5.74) is 0.991. The Labute approximate surface area is 168 Å². The molecule has 1 aliphatic heterocycles. The highest BCUT2D eigenvalue weighted by Gasteiger charge is 2.24. The summed E-state index contributed by atoms with van der Waals surface area (Å²) < 4.78 is 28.2. The zero-order valence-corrected chi connectivity index (χ0v) is 18.2. The van der Waals surface area contributed by atoms with E-state index in [4.69, 9.17) is 9.73 Å². The lowest BCUT2D eigenvalue weighted by Crippen LogP contribution is -2.40. The fourth-order valence-corrected chi connectivity index (χ4v) is 3.46. The van der Waals surface area contributed by atoms with E-state index in [2.05, 4.69) is 17.1 Å². The van der Waals surface area contributed by atoms with Gasteiger partial charge < -0.3 is 15.0 Å². The van der Waals surface area contributed by atoms with Gasteiger partial charge in [0.05, 0.1) is 18.0 Å². The molecule has 0 aliphatic carbocycles. The number of likely N-dealkylation sites (tertiary alicyclic amines) is 1. The number of aliphatic imine (C=N–C) groups is 1. The smallest absolute Gasteiger partial charge is 0.194 e. The predicted molar refractivity (Wildman–Crippen MR) is 111 cm³/mol. The summed E-state index contributed by atoms with van der Waals surface area (Å²) in [7, 11) is -1.41. The standard InChI is InChI=1S/C17H27N3O3S.HI/c1-4-18-17(20-10-9-15(12-20)13-23-2)19-11-14-5-7-16(8-6-14)24(3,21)22;/h5-8,15H,4,9-13H2,1-3H3,(H,18,19);1H. The van der Waals surface area contributed by atoms with Gasteiger partial charge in [-0.25, -0.2) is 13.4 Å². The first-order valence-corrected chi connectivity index (χ1v) is 10.1. The number of guanidine groups is 1. The number of hydrogen-bond acceptors (Lipinski definition) is 4. The zero-order chi connectivity index (χ0) is 17.6. The number of sulfone groups is 1. The van der Waals surface area contributed by atoms with Gasteiger partial charge in [-0.15, -0.1) is 24.0 Å². The second kappa shape index (κ2) is 10.3. The van der Waals surface area contributed by atoms with Crippen molar-refractivity contribution in [2.75, 3.05) is 39.6 Å². The Morgan fingerprint density at radius 2 is 2.04 bits per heavy atom. The van der Waals surface area contributed by atoms with E-state index in [9.17, 15) is 8.42 Å². The van der Waals surface area contributed by atoms with Crippen LogP contribution in [0.15, 0.2) is 34.2 Å². The van der Waals surface area contributed by atoms with Crippen molar-refractivity contribution < 1.29 is 13.2 Å². The molecule has 1 atom stereocenters. The van der Waals surface area contributed by atoms with Crippen LogP contribution in [0.2, 0.25) is 0 Å². The molecule has 1 aliphatic rings. The summed E-state index contributed by atoms with van der Waals surface area (Å²) >= 11 is 0. The van der Waals surface area contributed by atoms with Crippen molar-refractivity contribution in [3.63, 3.8) is 0 Å². The molecule has 1 aromatic rings. The molecule has 25 heavy (non-hydrogen) atoms. The molecule has 1 saturated heterocycles. The highest BCUT2D eigenvalue weighted by Crippen LogP contribution is 2.17. The highest BCUT2D eigenvalue weighted by atomic mass is 127. The average molecular weight is 481 g/mol. The molecule has 0 radical (unpaired) electrons. The second-order valence-corrected chi connectivity index (χ2v) is 8.16. The number of halogens is 1. The van der Waals surface area contributed by atoms with Gasteiger partial charge in [-0.1, -0.05) is 12.1 Å². The van der Waals surface area contributed by atoms with Gasteiger partial charge >= 0.3 is 0 Å². The normalized spacial score (nSPS) is 18.1. The van der Waals surface area contributed by atoms with Crippen molar-refractivity contribution in [1.82, 2.24) is 10.2 Å². The van der Waals surface area contributed by atoms with Crippen LogP contribution in [0.3, 0.4) is 0 Å². The third kappa shape index (κ3) is 6.74. The van der Waals surface area contributed by atoms with Crippen LogP contribution < -0.4 is 5.32 Å². The van der Waals surface area contributed by atoms with Gasteiger partial charge in [0.1, 0.15) is 0 Å². The van der Waals surface area contributed by atoms with Crippen LogP contribution in [0, 0.1) is 5.92 Å². The van der Waals surface area contributed by atoms with E-state index in [-0.39, 0.29) is 24.0 Å². The van der Waals surface area contributed by atoms with Crippen LogP contribution in [0.1, 0.15) is 18.9 Å². The summed E-state index contributed by atoms with van der Waals surface area (Å²) in [6, 6.07) is 6.91. The van der Waals surface area contributed by atoms with E-state index in [1.54, 1.807) is 19.2 Å². The van der Waals surface area contributed by atoms with E-state index in [1.807, 2.05) is 12.1 Å². The van der Waals surface area contributed by atoms with Crippen molar-refractivity contribution >= 4 is 39.8 Å². The van der Waals surface area contributed by atoms with Crippen molar-refractivity contribution in [1.29, 1.82) is 0 Å². The molecule has 1 unspecified atom stereocenters. The Morgan fingerprint density at radius 1 is 1.36 bits per heavy atom. The number of methoxy groups -OCH3 is 1. The molecule has 0 saturated carbocycles. The van der Waals surface area contributed by atoms with Crippen molar-refractivity contribution in [2.45, 2.75) is 24.8 Å². The monoisotopic (exact) mass is 481 g/mol. The molecule has 1 heterocycles. The third-order valence-corrected chi connectivity index (χ3v) is 5.21. The molecule has 6 nitrogen and oxygen atoms in total. The fraction of sp³-hybridized carbons (Fsp3) is 0.588. The molecular formula is C17H28IN3O3S. The van der Waals surface area contributed by atoms with Gasteiger partial charge in [-0.3, -0.25) is 0 Å². The van der Waals surface area contributed by atoms with Crippen molar-refractivity contribution in [3.05, 3.63) is 29.8 Å². The lowest BCUT2D eigenvalue weighted by atomic mass is 10.1. The maximum atomic E-state index is 11.5. The summed E-state index contributed by atoms with van der Waals surface area (Å²) in [6.45, 7) is 6.11. The minimum atomic E-state index is -3.15. The first-order chi connectivity index (χ1) is 11.4. The van der Waals surface area contributed by atoms with Crippen LogP contribution in [0.25, 0.3) is 0 Å². The Hall–Kier alpha value is -0.870. The van der Waals surface area contributed by atoms with Crippen LogP contribution >= 0.6 is 24.0 Å². The SMILES string of the molecule is CCNC(=NCc1ccc(S(C)(=O)=O)cc1)N1CCC(COC)C1.I. The van der Waals surface area contributed by atoms with Crippen LogP contribution in [0.5, 0.6) is 0 Å². The number of ether oxygens (including phenoxy) is 1. The maximum absolute atomic E-state index is 11.5. The first kappa shape index (κ1) is 22.2. The Morgan fingerprint density at radius 3 is 2.60 bits per heavy atom. The second-order valence-electron chi connectivity index (χ2n) is 6.14. The van der Waals surface area contributed by atoms with E-state index < -0.39 is 9.84 Å². The summed E-state index contributed by atoms with van der Waals surface area (Å²) in [6.07, 6.45) is 2.33. The minimum Gasteiger partial charge on any atom is -0.384 e. The minimum absolute atomic E-state index is 0. The predicted octanol–water partition coefficient (Wildman–Crippen LogP) is 2.14. The zero-order valence-electron chi connectivity index (χ0n) is 15.1. The molecule has 1 N–H and O–H groups in total. The molecule has 142 valence electrons. The van der Waals surface area contributed by atoms with Gasteiger partial charge in [0.15, 0.2) is 15.8 Å². The topological polar surface area (TPSA) is 71.0 Å². The van der Waals surface area contributed by atoms with Crippen molar-refractivity contribution in [3.8, 4) is 0 Å². The average Bonchev–Trinajstić information content (AvgIpc) is 3.00. The molecule has 0 bridgehead atoms. The molecule has 0 spiro atoms. The first-order valence-electron chi connectivity index (χ1n) is 8.25. The quantitative estimate of drug-likeness (QED) is 0.383. The number of hydrogen-bond donors (Lipinski definition) is 1. The summed E-state index contributed by atoms with van der Waals surface area (Å²) in [4.78, 5) is 7.29. The molecule has 1 aromatic carbocycles. The van der Waals surface area contributed by atoms with E-state index in [0.717, 1.165) is 44.2 Å². The molecule has 0 amide bonds. The molecule has 8 heteroatoms. The maximum Gasteiger partial charge on any atom is 0.194 e. The Bertz CT molecular complexity index is 662. The Kier molecular flexibility index (Phi) is 9.15. The number of nitrogens with zero attached hydrogens (tertiary/aromatic N) is 2. The van der Waals surface area contributed by atoms with Crippen LogP contribution in [-0.2, 0) is 21.1 Å². The van der Waals surface area contributed by atoms with Crippen molar-refractivity contribution in [2.24, 2.45) is 10.9 Å². The number of nitrogens with one attached hydrogen (secondary N) is 1. The van der Waals surface area contributed by atoms with Gasteiger partial charge in [0.25, 0.3) is 0 Å².